The van der Waals surface area contributed by atoms with Gasteiger partial charge in [-0.25, -0.2) is 4.39 Å². The number of carbonyl (C=O) groups excluding carboxylic acids is 2. The predicted molar refractivity (Wildman–Crippen MR) is 94.1 cm³/mol. The number of fused-ring (bicyclic) bond motifs is 1. The van der Waals surface area contributed by atoms with Crippen LogP contribution >= 0.6 is 0 Å². The predicted octanol–water partition coefficient (Wildman–Crippen LogP) is 1.66. The Labute approximate surface area is 146 Å². The zero-order valence-corrected chi connectivity index (χ0v) is 14.2. The molecule has 1 fully saturated rings. The molecule has 2 amide bonds. The summed E-state index contributed by atoms with van der Waals surface area (Å²) in [5.41, 5.74) is 7.83. The van der Waals surface area contributed by atoms with Gasteiger partial charge in [0.05, 0.1) is 0 Å². The summed E-state index contributed by atoms with van der Waals surface area (Å²) in [5.74, 6) is -0.366. The second kappa shape index (κ2) is 7.78. The molecule has 2 aliphatic rings. The molecule has 0 aliphatic heterocycles. The molecule has 0 unspecified atom stereocenters. The number of benzene rings is 1. The second-order valence-corrected chi connectivity index (χ2v) is 6.82. The quantitative estimate of drug-likeness (QED) is 0.759. The van der Waals surface area contributed by atoms with E-state index in [0.29, 0.717) is 25.0 Å². The molecule has 0 radical (unpaired) electrons. The Kier molecular flexibility index (Phi) is 5.48. The summed E-state index contributed by atoms with van der Waals surface area (Å²) < 4.78 is 13.3. The van der Waals surface area contributed by atoms with Gasteiger partial charge in [0, 0.05) is 37.0 Å². The molecule has 0 bridgehead atoms. The Morgan fingerprint density at radius 3 is 2.48 bits per heavy atom. The van der Waals surface area contributed by atoms with E-state index in [-0.39, 0.29) is 29.7 Å². The van der Waals surface area contributed by atoms with Gasteiger partial charge in [-0.05, 0) is 55.0 Å². The van der Waals surface area contributed by atoms with Gasteiger partial charge < -0.3 is 16.4 Å². The van der Waals surface area contributed by atoms with Crippen molar-refractivity contribution in [3.63, 3.8) is 0 Å². The van der Waals surface area contributed by atoms with Gasteiger partial charge in [-0.3, -0.25) is 9.59 Å². The lowest BCUT2D eigenvalue weighted by Gasteiger charge is -2.29. The third-order valence-corrected chi connectivity index (χ3v) is 4.91. The Bertz CT molecular complexity index is 694. The molecule has 0 heterocycles. The van der Waals surface area contributed by atoms with Crippen LogP contribution in [0.3, 0.4) is 0 Å². The molecule has 25 heavy (non-hydrogen) atoms. The molecule has 1 aromatic carbocycles. The van der Waals surface area contributed by atoms with Crippen LogP contribution in [0.15, 0.2) is 23.8 Å². The lowest BCUT2D eigenvalue weighted by atomic mass is 9.91. The topological polar surface area (TPSA) is 84.2 Å². The van der Waals surface area contributed by atoms with Crippen molar-refractivity contribution in [1.82, 2.24) is 10.6 Å². The number of hydrogen-bond donors (Lipinski definition) is 3. The second-order valence-electron chi connectivity index (χ2n) is 6.82. The fraction of sp³-hybridized carbons (Fsp3) is 0.474. The van der Waals surface area contributed by atoms with Crippen molar-refractivity contribution >= 4 is 17.9 Å². The third kappa shape index (κ3) is 4.45. The number of amides is 2. The van der Waals surface area contributed by atoms with Crippen molar-refractivity contribution in [1.29, 1.82) is 0 Å². The molecule has 0 atom stereocenters. The maximum atomic E-state index is 13.3. The van der Waals surface area contributed by atoms with Gasteiger partial charge in [-0.1, -0.05) is 6.07 Å². The van der Waals surface area contributed by atoms with Crippen LogP contribution in [-0.2, 0) is 16.0 Å². The molecule has 2 aliphatic carbocycles. The first kappa shape index (κ1) is 17.6. The maximum absolute atomic E-state index is 13.3. The van der Waals surface area contributed by atoms with Crippen LogP contribution in [0.4, 0.5) is 4.39 Å². The Balaban J connectivity index is 1.47. The van der Waals surface area contributed by atoms with Crippen molar-refractivity contribution < 1.29 is 14.0 Å². The van der Waals surface area contributed by atoms with E-state index >= 15 is 0 Å². The smallest absolute Gasteiger partial charge is 0.247 e. The summed E-state index contributed by atoms with van der Waals surface area (Å²) in [6, 6.07) is 4.91. The monoisotopic (exact) mass is 345 g/mol. The highest BCUT2D eigenvalue weighted by atomic mass is 19.1. The first-order valence-corrected chi connectivity index (χ1v) is 8.84. The third-order valence-electron chi connectivity index (χ3n) is 4.91. The first-order chi connectivity index (χ1) is 12.0. The van der Waals surface area contributed by atoms with Crippen molar-refractivity contribution in [2.75, 3.05) is 6.54 Å². The largest absolute Gasteiger partial charge is 0.353 e. The summed E-state index contributed by atoms with van der Waals surface area (Å²) in [6.07, 6.45) is 6.06. The summed E-state index contributed by atoms with van der Waals surface area (Å²) >= 11 is 0. The van der Waals surface area contributed by atoms with Crippen LogP contribution in [0.2, 0.25) is 0 Å². The average molecular weight is 345 g/mol. The van der Waals surface area contributed by atoms with E-state index in [9.17, 15) is 14.0 Å². The Morgan fingerprint density at radius 2 is 1.80 bits per heavy atom. The minimum Gasteiger partial charge on any atom is -0.353 e. The lowest BCUT2D eigenvalue weighted by Crippen LogP contribution is -2.44. The molecular weight excluding hydrogens is 321 g/mol. The highest BCUT2D eigenvalue weighted by molar-refractivity contribution is 6.00. The highest BCUT2D eigenvalue weighted by Gasteiger charge is 2.25. The van der Waals surface area contributed by atoms with E-state index in [1.54, 1.807) is 12.1 Å². The van der Waals surface area contributed by atoms with Crippen LogP contribution in [-0.4, -0.2) is 30.4 Å². The van der Waals surface area contributed by atoms with E-state index in [0.717, 1.165) is 36.8 Å². The summed E-state index contributed by atoms with van der Waals surface area (Å²) in [5, 5.41) is 6.06. The number of nitrogens with one attached hydrogen (secondary N) is 2. The SMILES string of the molecule is NCCC(=O)NC1CCC(NC(=O)C2=Cc3cc(F)ccc3C2)CC1. The van der Waals surface area contributed by atoms with Gasteiger partial charge in [-0.15, -0.1) is 0 Å². The van der Waals surface area contributed by atoms with Gasteiger partial charge in [-0.2, -0.15) is 0 Å². The zero-order chi connectivity index (χ0) is 17.8. The fourth-order valence-corrected chi connectivity index (χ4v) is 3.54. The number of halogens is 1. The van der Waals surface area contributed by atoms with E-state index in [4.69, 9.17) is 5.73 Å². The van der Waals surface area contributed by atoms with Crippen molar-refractivity contribution in [2.45, 2.75) is 50.6 Å². The van der Waals surface area contributed by atoms with Crippen LogP contribution in [0.5, 0.6) is 0 Å². The molecule has 0 spiro atoms. The number of nitrogens with two attached hydrogens (primary N) is 1. The van der Waals surface area contributed by atoms with E-state index in [1.807, 2.05) is 0 Å². The van der Waals surface area contributed by atoms with Crippen LogP contribution in [0, 0.1) is 5.82 Å². The first-order valence-electron chi connectivity index (χ1n) is 8.84. The molecule has 0 saturated heterocycles. The molecule has 5 nitrogen and oxygen atoms in total. The molecule has 4 N–H and O–H groups in total. The molecule has 1 saturated carbocycles. The minimum atomic E-state index is -0.285. The van der Waals surface area contributed by atoms with E-state index < -0.39 is 0 Å². The standard InChI is InChI=1S/C19H24FN3O2/c20-15-2-1-12-9-14(10-13(12)11-15)19(25)23-17-5-3-16(4-6-17)22-18(24)7-8-21/h1-2,10-11,16-17H,3-9,21H2,(H,22,24)(H,23,25). The minimum absolute atomic E-state index is 0.00362. The van der Waals surface area contributed by atoms with Gasteiger partial charge in [0.1, 0.15) is 5.82 Å². The van der Waals surface area contributed by atoms with E-state index in [1.165, 1.54) is 12.1 Å². The van der Waals surface area contributed by atoms with Gasteiger partial charge in [0.2, 0.25) is 11.8 Å². The van der Waals surface area contributed by atoms with Gasteiger partial charge >= 0.3 is 0 Å². The summed E-state index contributed by atoms with van der Waals surface area (Å²) in [6.45, 7) is 0.360. The van der Waals surface area contributed by atoms with Gasteiger partial charge in [0.25, 0.3) is 0 Å². The molecular formula is C19H24FN3O2. The van der Waals surface area contributed by atoms with Crippen LogP contribution < -0.4 is 16.4 Å². The molecule has 3 rings (SSSR count). The highest BCUT2D eigenvalue weighted by Crippen LogP contribution is 2.26. The number of carbonyl (C=O) groups is 2. The Hall–Kier alpha value is -2.21. The molecule has 1 aromatic rings. The molecule has 0 aromatic heterocycles. The normalized spacial score (nSPS) is 22.1. The number of rotatable bonds is 5. The van der Waals surface area contributed by atoms with Crippen molar-refractivity contribution in [2.24, 2.45) is 5.73 Å². The molecule has 134 valence electrons. The lowest BCUT2D eigenvalue weighted by molar-refractivity contribution is -0.122. The van der Waals surface area contributed by atoms with Crippen LogP contribution in [0.25, 0.3) is 6.08 Å². The average Bonchev–Trinajstić information content (AvgIpc) is 3.00. The summed E-state index contributed by atoms with van der Waals surface area (Å²) in [7, 11) is 0. The van der Waals surface area contributed by atoms with Crippen molar-refractivity contribution in [3.8, 4) is 0 Å². The molecule has 6 heteroatoms. The fourth-order valence-electron chi connectivity index (χ4n) is 3.54. The zero-order valence-electron chi connectivity index (χ0n) is 14.2. The van der Waals surface area contributed by atoms with Crippen LogP contribution in [0.1, 0.15) is 43.2 Å². The Morgan fingerprint density at radius 1 is 1.12 bits per heavy atom. The summed E-state index contributed by atoms with van der Waals surface area (Å²) in [4.78, 5) is 24.0. The van der Waals surface area contributed by atoms with Gasteiger partial charge in [0.15, 0.2) is 0 Å². The maximum Gasteiger partial charge on any atom is 0.247 e. The number of hydrogen-bond acceptors (Lipinski definition) is 3. The van der Waals surface area contributed by atoms with Crippen molar-refractivity contribution in [3.05, 3.63) is 40.7 Å². The van der Waals surface area contributed by atoms with E-state index in [2.05, 4.69) is 10.6 Å².